The number of para-hydroxylation sites is 1. The van der Waals surface area contributed by atoms with Gasteiger partial charge in [0.1, 0.15) is 6.04 Å². The first-order valence-electron chi connectivity index (χ1n) is 11.7. The lowest BCUT2D eigenvalue weighted by atomic mass is 10.1. The normalized spacial score (nSPS) is 12.3. The van der Waals surface area contributed by atoms with E-state index >= 15 is 0 Å². The Hall–Kier alpha value is -2.87. The smallest absolute Gasteiger partial charge is 0.243 e. The number of nitrogens with zero attached hydrogens (tertiary/aromatic N) is 2. The number of hydrogen-bond donors (Lipinski definition) is 1. The third-order valence-electron chi connectivity index (χ3n) is 5.49. The lowest BCUT2D eigenvalue weighted by molar-refractivity contribution is -0.141. The number of sulfonamides is 1. The molecule has 0 aliphatic rings. The van der Waals surface area contributed by atoms with Crippen molar-refractivity contribution >= 4 is 27.5 Å². The van der Waals surface area contributed by atoms with E-state index in [-0.39, 0.29) is 30.8 Å². The summed E-state index contributed by atoms with van der Waals surface area (Å²) in [6.07, 6.45) is 2.12. The van der Waals surface area contributed by atoms with E-state index in [1.165, 1.54) is 4.31 Å². The molecule has 7 nitrogen and oxygen atoms in total. The summed E-state index contributed by atoms with van der Waals surface area (Å²) >= 11 is 0. The van der Waals surface area contributed by atoms with Crippen LogP contribution >= 0.6 is 0 Å². The van der Waals surface area contributed by atoms with Crippen LogP contribution in [0.3, 0.4) is 0 Å². The predicted molar refractivity (Wildman–Crippen MR) is 137 cm³/mol. The van der Waals surface area contributed by atoms with Gasteiger partial charge in [0.2, 0.25) is 21.8 Å². The zero-order chi connectivity index (χ0) is 25.3. The summed E-state index contributed by atoms with van der Waals surface area (Å²) in [6.45, 7) is 8.17. The lowest BCUT2D eigenvalue weighted by Gasteiger charge is -2.31. The van der Waals surface area contributed by atoms with Crippen molar-refractivity contribution in [1.29, 1.82) is 0 Å². The number of rotatable bonds is 12. The van der Waals surface area contributed by atoms with Crippen molar-refractivity contribution in [3.8, 4) is 0 Å². The highest BCUT2D eigenvalue weighted by Gasteiger charge is 2.29. The molecule has 2 aromatic carbocycles. The molecule has 0 bridgehead atoms. The molecule has 2 amide bonds. The fraction of sp³-hybridized carbons (Fsp3) is 0.462. The van der Waals surface area contributed by atoms with Crippen LogP contribution in [0.1, 0.15) is 51.2 Å². The number of carbonyl (C=O) groups is 2. The van der Waals surface area contributed by atoms with Crippen molar-refractivity contribution in [3.63, 3.8) is 0 Å². The Morgan fingerprint density at radius 2 is 1.62 bits per heavy atom. The highest BCUT2D eigenvalue weighted by atomic mass is 32.2. The SMILES string of the molecule is CC[C@H](C(=O)NC(C)C)N(Cc1ccc(C)cc1)C(=O)CCCN(c1ccccc1)S(C)(=O)=O. The Kier molecular flexibility index (Phi) is 10.1. The largest absolute Gasteiger partial charge is 0.352 e. The van der Waals surface area contributed by atoms with Crippen molar-refractivity contribution in [2.75, 3.05) is 17.1 Å². The number of carbonyl (C=O) groups excluding carboxylic acids is 2. The Balaban J connectivity index is 2.19. The van der Waals surface area contributed by atoms with Gasteiger partial charge in [-0.3, -0.25) is 13.9 Å². The molecule has 2 aromatic rings. The van der Waals surface area contributed by atoms with E-state index in [1.54, 1.807) is 29.2 Å². The molecule has 0 saturated heterocycles. The molecule has 0 aliphatic heterocycles. The van der Waals surface area contributed by atoms with Crippen LogP contribution in [0, 0.1) is 6.92 Å². The minimum atomic E-state index is -3.49. The van der Waals surface area contributed by atoms with Crippen molar-refractivity contribution < 1.29 is 18.0 Å². The van der Waals surface area contributed by atoms with Gasteiger partial charge in [0, 0.05) is 25.6 Å². The standard InChI is InChI=1S/C26H37N3O4S/c1-6-24(26(31)27-20(2)3)28(19-22-16-14-21(4)15-17-22)25(30)13-10-18-29(34(5,32)33)23-11-8-7-9-12-23/h7-9,11-12,14-17,20,24H,6,10,13,18-19H2,1-5H3,(H,27,31)/t24-/m1/s1. The van der Waals surface area contributed by atoms with Gasteiger partial charge in [0.25, 0.3) is 0 Å². The first-order chi connectivity index (χ1) is 16.0. The van der Waals surface area contributed by atoms with Crippen molar-refractivity contribution in [2.45, 2.75) is 65.6 Å². The van der Waals surface area contributed by atoms with E-state index < -0.39 is 16.1 Å². The molecule has 0 saturated carbocycles. The molecule has 2 rings (SSSR count). The second-order valence-electron chi connectivity index (χ2n) is 8.87. The summed E-state index contributed by atoms with van der Waals surface area (Å²) in [6, 6.07) is 16.1. The first kappa shape index (κ1) is 27.4. The van der Waals surface area contributed by atoms with E-state index in [0.29, 0.717) is 25.1 Å². The fourth-order valence-electron chi connectivity index (χ4n) is 3.79. The van der Waals surface area contributed by atoms with E-state index in [1.807, 2.05) is 58.0 Å². The molecule has 186 valence electrons. The molecule has 0 spiro atoms. The molecule has 0 aliphatic carbocycles. The Morgan fingerprint density at radius 1 is 1.00 bits per heavy atom. The molecule has 0 fully saturated rings. The first-order valence-corrected chi connectivity index (χ1v) is 13.6. The van der Waals surface area contributed by atoms with Crippen molar-refractivity contribution in [3.05, 3.63) is 65.7 Å². The van der Waals surface area contributed by atoms with Crippen LogP contribution in [-0.2, 0) is 26.2 Å². The van der Waals surface area contributed by atoms with Crippen LogP contribution in [-0.4, -0.2) is 50.0 Å². The number of benzene rings is 2. The minimum Gasteiger partial charge on any atom is -0.352 e. The van der Waals surface area contributed by atoms with Gasteiger partial charge in [-0.2, -0.15) is 0 Å². The maximum absolute atomic E-state index is 13.4. The maximum atomic E-state index is 13.4. The minimum absolute atomic E-state index is 0.0351. The van der Waals surface area contributed by atoms with Gasteiger partial charge in [-0.1, -0.05) is 55.0 Å². The van der Waals surface area contributed by atoms with Gasteiger partial charge >= 0.3 is 0 Å². The van der Waals surface area contributed by atoms with Crippen LogP contribution < -0.4 is 9.62 Å². The molecule has 0 heterocycles. The average Bonchev–Trinajstić information content (AvgIpc) is 2.77. The number of aryl methyl sites for hydroxylation is 1. The molecule has 1 N–H and O–H groups in total. The molecular weight excluding hydrogens is 450 g/mol. The second-order valence-corrected chi connectivity index (χ2v) is 10.8. The van der Waals surface area contributed by atoms with E-state index in [4.69, 9.17) is 0 Å². The summed E-state index contributed by atoms with van der Waals surface area (Å²) in [5.74, 6) is -0.354. The quantitative estimate of drug-likeness (QED) is 0.492. The highest BCUT2D eigenvalue weighted by molar-refractivity contribution is 7.92. The van der Waals surface area contributed by atoms with Crippen LogP contribution in [0.25, 0.3) is 0 Å². The lowest BCUT2D eigenvalue weighted by Crippen LogP contribution is -2.50. The van der Waals surface area contributed by atoms with E-state index in [9.17, 15) is 18.0 Å². The van der Waals surface area contributed by atoms with Crippen molar-refractivity contribution in [1.82, 2.24) is 10.2 Å². The van der Waals surface area contributed by atoms with Gasteiger partial charge in [-0.05, 0) is 51.3 Å². The van der Waals surface area contributed by atoms with Crippen molar-refractivity contribution in [2.24, 2.45) is 0 Å². The maximum Gasteiger partial charge on any atom is 0.243 e. The summed E-state index contributed by atoms with van der Waals surface area (Å²) in [4.78, 5) is 27.9. The van der Waals surface area contributed by atoms with Gasteiger partial charge in [0.15, 0.2) is 0 Å². The monoisotopic (exact) mass is 487 g/mol. The summed E-state index contributed by atoms with van der Waals surface area (Å²) in [5, 5.41) is 2.92. The molecule has 8 heteroatoms. The van der Waals surface area contributed by atoms with Gasteiger partial charge < -0.3 is 10.2 Å². The Bertz CT molecular complexity index is 1040. The number of amides is 2. The Labute approximate surface area is 204 Å². The summed E-state index contributed by atoms with van der Waals surface area (Å²) in [5.41, 5.74) is 2.63. The molecule has 0 aromatic heterocycles. The fourth-order valence-corrected chi connectivity index (χ4v) is 4.75. The molecule has 1 atom stereocenters. The topological polar surface area (TPSA) is 86.8 Å². The van der Waals surface area contributed by atoms with Crippen LogP contribution in [0.4, 0.5) is 5.69 Å². The van der Waals surface area contributed by atoms with Crippen LogP contribution in [0.15, 0.2) is 54.6 Å². The average molecular weight is 488 g/mol. The predicted octanol–water partition coefficient (Wildman–Crippen LogP) is 3.87. The summed E-state index contributed by atoms with van der Waals surface area (Å²) < 4.78 is 26.0. The molecule has 34 heavy (non-hydrogen) atoms. The number of hydrogen-bond acceptors (Lipinski definition) is 4. The van der Waals surface area contributed by atoms with Crippen LogP contribution in [0.2, 0.25) is 0 Å². The second kappa shape index (κ2) is 12.6. The van der Waals surface area contributed by atoms with E-state index in [0.717, 1.165) is 17.4 Å². The highest BCUT2D eigenvalue weighted by Crippen LogP contribution is 2.19. The zero-order valence-corrected chi connectivity index (χ0v) is 21.6. The van der Waals surface area contributed by atoms with Gasteiger partial charge in [-0.15, -0.1) is 0 Å². The van der Waals surface area contributed by atoms with Gasteiger partial charge in [-0.25, -0.2) is 8.42 Å². The van der Waals surface area contributed by atoms with Crippen LogP contribution in [0.5, 0.6) is 0 Å². The molecule has 0 unspecified atom stereocenters. The number of nitrogens with one attached hydrogen (secondary N) is 1. The zero-order valence-electron chi connectivity index (χ0n) is 20.8. The molecular formula is C26H37N3O4S. The Morgan fingerprint density at radius 3 is 2.15 bits per heavy atom. The van der Waals surface area contributed by atoms with E-state index in [2.05, 4.69) is 5.32 Å². The molecule has 0 radical (unpaired) electrons. The number of anilines is 1. The summed E-state index contributed by atoms with van der Waals surface area (Å²) in [7, 11) is -3.49. The third-order valence-corrected chi connectivity index (χ3v) is 6.68. The third kappa shape index (κ3) is 8.17. The van der Waals surface area contributed by atoms with Gasteiger partial charge in [0.05, 0.1) is 11.9 Å².